The van der Waals surface area contributed by atoms with Gasteiger partial charge in [-0.3, -0.25) is 4.79 Å². The van der Waals surface area contributed by atoms with E-state index >= 15 is 0 Å². The van der Waals surface area contributed by atoms with E-state index in [1.165, 1.54) is 89.9 Å². The van der Waals surface area contributed by atoms with Crippen molar-refractivity contribution in [3.63, 3.8) is 0 Å². The topological polar surface area (TPSA) is 64.2 Å². The third kappa shape index (κ3) is 18.2. The molecule has 0 saturated heterocycles. The summed E-state index contributed by atoms with van der Waals surface area (Å²) in [6.07, 6.45) is 21.9. The Kier molecular flexibility index (Phi) is 20.2. The van der Waals surface area contributed by atoms with E-state index in [9.17, 15) is 10.0 Å². The summed E-state index contributed by atoms with van der Waals surface area (Å²) < 4.78 is 0. The van der Waals surface area contributed by atoms with E-state index in [-0.39, 0.29) is 12.6 Å². The average molecular weight is 370 g/mol. The number of hydrogen-bond acceptors (Lipinski definition) is 3. The van der Waals surface area contributed by atoms with Crippen LogP contribution < -0.4 is 10.8 Å². The van der Waals surface area contributed by atoms with Crippen molar-refractivity contribution < 1.29 is 4.79 Å². The predicted molar refractivity (Wildman–Crippen MR) is 113 cm³/mol. The minimum absolute atomic E-state index is 0.0242. The average Bonchev–Trinajstić information content (AvgIpc) is 2.66. The molecular formula is C22H45N2O2-. The van der Waals surface area contributed by atoms with Gasteiger partial charge in [-0.15, -0.1) is 0 Å². The summed E-state index contributed by atoms with van der Waals surface area (Å²) in [4.78, 5) is 11.3. The van der Waals surface area contributed by atoms with Crippen LogP contribution in [0.15, 0.2) is 0 Å². The lowest BCUT2D eigenvalue weighted by molar-refractivity contribution is -0.121. The minimum atomic E-state index is -0.0242. The highest BCUT2D eigenvalue weighted by atomic mass is 16.5. The van der Waals surface area contributed by atoms with Gasteiger partial charge in [-0.2, -0.15) is 0 Å². The molecule has 0 aromatic rings. The second-order valence-electron chi connectivity index (χ2n) is 7.74. The highest BCUT2D eigenvalue weighted by Crippen LogP contribution is 2.18. The molecule has 0 rings (SSSR count). The van der Waals surface area contributed by atoms with Gasteiger partial charge in [0.05, 0.1) is 6.67 Å². The molecule has 0 aromatic heterocycles. The summed E-state index contributed by atoms with van der Waals surface area (Å²) in [6.45, 7) is 4.67. The van der Waals surface area contributed by atoms with Crippen molar-refractivity contribution in [2.24, 2.45) is 5.92 Å². The van der Waals surface area contributed by atoms with Gasteiger partial charge in [0.2, 0.25) is 5.91 Å². The van der Waals surface area contributed by atoms with Gasteiger partial charge in [0.25, 0.3) is 0 Å². The van der Waals surface area contributed by atoms with Crippen LogP contribution in [0.1, 0.15) is 123 Å². The Hall–Kier alpha value is -0.610. The molecule has 1 amide bonds. The summed E-state index contributed by atoms with van der Waals surface area (Å²) in [5, 5.41) is 12.5. The maximum atomic E-state index is 11.3. The van der Waals surface area contributed by atoms with Gasteiger partial charge in [0, 0.05) is 6.42 Å². The number of amides is 1. The second-order valence-corrected chi connectivity index (χ2v) is 7.74. The fraction of sp³-hybridized carbons (Fsp3) is 0.955. The monoisotopic (exact) mass is 369 g/mol. The van der Waals surface area contributed by atoms with Crippen molar-refractivity contribution in [2.75, 3.05) is 6.67 Å². The highest BCUT2D eigenvalue weighted by molar-refractivity contribution is 5.75. The minimum Gasteiger partial charge on any atom is -0.787 e. The zero-order chi connectivity index (χ0) is 19.3. The Balaban J connectivity index is 3.12. The molecule has 0 bridgehead atoms. The van der Waals surface area contributed by atoms with E-state index in [0.29, 0.717) is 6.42 Å². The SMILES string of the molecule is CCC(CC)CCCCCCCCCCCCCCCC(=O)NCN[O-]. The molecule has 0 aliphatic heterocycles. The first-order chi connectivity index (χ1) is 12.7. The molecule has 26 heavy (non-hydrogen) atoms. The normalized spacial score (nSPS) is 11.2. The summed E-state index contributed by atoms with van der Waals surface area (Å²) >= 11 is 0. The van der Waals surface area contributed by atoms with Gasteiger partial charge in [-0.1, -0.05) is 110 Å². The van der Waals surface area contributed by atoms with Crippen molar-refractivity contribution in [1.29, 1.82) is 0 Å². The number of nitrogens with one attached hydrogen (secondary N) is 2. The molecule has 0 fully saturated rings. The molecule has 0 heterocycles. The summed E-state index contributed by atoms with van der Waals surface area (Å²) in [5.74, 6) is 0.942. The number of rotatable bonds is 20. The molecule has 0 aliphatic rings. The van der Waals surface area contributed by atoms with Gasteiger partial charge in [-0.25, -0.2) is 0 Å². The fourth-order valence-corrected chi connectivity index (χ4v) is 3.58. The molecule has 0 atom stereocenters. The van der Waals surface area contributed by atoms with Gasteiger partial charge >= 0.3 is 0 Å². The molecule has 2 N–H and O–H groups in total. The lowest BCUT2D eigenvalue weighted by Gasteiger charge is -2.11. The standard InChI is InChI=1S/C22H45N2O2/c1-3-21(4-2)18-16-14-12-10-8-6-5-7-9-11-13-15-17-19-22(25)23-20-24-26/h21,24H,3-20H2,1-2H3,(H,23,25)/q-1. The first-order valence-corrected chi connectivity index (χ1v) is 11.4. The van der Waals surface area contributed by atoms with Crippen LogP contribution in [-0.4, -0.2) is 12.6 Å². The maximum Gasteiger partial charge on any atom is 0.220 e. The van der Waals surface area contributed by atoms with Crippen LogP contribution in [0.5, 0.6) is 0 Å². The van der Waals surface area contributed by atoms with Crippen LogP contribution in [-0.2, 0) is 4.79 Å². The van der Waals surface area contributed by atoms with Gasteiger partial charge < -0.3 is 16.0 Å². The van der Waals surface area contributed by atoms with Crippen LogP contribution in [0.3, 0.4) is 0 Å². The van der Waals surface area contributed by atoms with Crippen molar-refractivity contribution in [3.05, 3.63) is 5.21 Å². The van der Waals surface area contributed by atoms with Crippen LogP contribution in [0.25, 0.3) is 0 Å². The van der Waals surface area contributed by atoms with Gasteiger partial charge in [0.1, 0.15) is 0 Å². The zero-order valence-corrected chi connectivity index (χ0v) is 17.6. The van der Waals surface area contributed by atoms with Crippen molar-refractivity contribution in [1.82, 2.24) is 10.8 Å². The van der Waals surface area contributed by atoms with Crippen molar-refractivity contribution in [3.8, 4) is 0 Å². The Bertz CT molecular complexity index is 294. The Morgan fingerprint density at radius 2 is 1.15 bits per heavy atom. The Morgan fingerprint density at radius 3 is 1.58 bits per heavy atom. The van der Waals surface area contributed by atoms with Crippen LogP contribution in [0.2, 0.25) is 0 Å². The molecule has 0 aliphatic carbocycles. The fourth-order valence-electron chi connectivity index (χ4n) is 3.58. The molecule has 0 spiro atoms. The third-order valence-electron chi connectivity index (χ3n) is 5.53. The van der Waals surface area contributed by atoms with E-state index < -0.39 is 0 Å². The second kappa shape index (κ2) is 20.7. The van der Waals surface area contributed by atoms with Crippen LogP contribution >= 0.6 is 0 Å². The van der Waals surface area contributed by atoms with Crippen LogP contribution in [0.4, 0.5) is 0 Å². The largest absolute Gasteiger partial charge is 0.787 e. The molecular weight excluding hydrogens is 324 g/mol. The van der Waals surface area contributed by atoms with Crippen LogP contribution in [0, 0.1) is 11.1 Å². The summed E-state index contributed by atoms with van der Waals surface area (Å²) in [7, 11) is 0. The molecule has 156 valence electrons. The molecule has 4 nitrogen and oxygen atoms in total. The number of hydroxylamine groups is 1. The van der Waals surface area contributed by atoms with E-state index in [0.717, 1.165) is 18.8 Å². The molecule has 0 unspecified atom stereocenters. The third-order valence-corrected chi connectivity index (χ3v) is 5.53. The van der Waals surface area contributed by atoms with Crippen molar-refractivity contribution >= 4 is 5.91 Å². The first kappa shape index (κ1) is 25.4. The van der Waals surface area contributed by atoms with E-state index in [1.54, 1.807) is 5.48 Å². The molecule has 0 radical (unpaired) electrons. The molecule has 4 heteroatoms. The number of unbranched alkanes of at least 4 members (excludes halogenated alkanes) is 12. The summed E-state index contributed by atoms with van der Waals surface area (Å²) in [5.41, 5.74) is 1.68. The van der Waals surface area contributed by atoms with E-state index in [4.69, 9.17) is 0 Å². The number of carbonyl (C=O) groups is 1. The molecule has 0 saturated carbocycles. The van der Waals surface area contributed by atoms with Gasteiger partial charge in [0.15, 0.2) is 0 Å². The number of carbonyl (C=O) groups excluding carboxylic acids is 1. The smallest absolute Gasteiger partial charge is 0.220 e. The Labute approximate surface area is 162 Å². The lowest BCUT2D eigenvalue weighted by Crippen LogP contribution is -2.30. The number of hydrogen-bond donors (Lipinski definition) is 2. The van der Waals surface area contributed by atoms with E-state index in [1.807, 2.05) is 0 Å². The maximum absolute atomic E-state index is 11.3. The quantitative estimate of drug-likeness (QED) is 0.147. The highest BCUT2D eigenvalue weighted by Gasteiger charge is 2.02. The zero-order valence-electron chi connectivity index (χ0n) is 17.6. The molecule has 0 aromatic carbocycles. The first-order valence-electron chi connectivity index (χ1n) is 11.4. The lowest BCUT2D eigenvalue weighted by atomic mass is 9.95. The van der Waals surface area contributed by atoms with Crippen molar-refractivity contribution in [2.45, 2.75) is 123 Å². The van der Waals surface area contributed by atoms with Gasteiger partial charge in [-0.05, 0) is 12.3 Å². The van der Waals surface area contributed by atoms with E-state index in [2.05, 4.69) is 19.2 Å². The summed E-state index contributed by atoms with van der Waals surface area (Å²) in [6, 6.07) is 0. The predicted octanol–water partition coefficient (Wildman–Crippen LogP) is 6.44. The Morgan fingerprint density at radius 1 is 0.731 bits per heavy atom.